The third kappa shape index (κ3) is 18.2. The summed E-state index contributed by atoms with van der Waals surface area (Å²) in [6.45, 7) is 12.5. The van der Waals surface area contributed by atoms with Crippen molar-refractivity contribution in [2.24, 2.45) is 29.2 Å². The number of carboxylic acid groups (broad SMARTS) is 2. The minimum absolute atomic E-state index is 0.0900. The fourth-order valence-corrected chi connectivity index (χ4v) is 5.55. The van der Waals surface area contributed by atoms with Crippen molar-refractivity contribution in [2.75, 3.05) is 0 Å². The van der Waals surface area contributed by atoms with Crippen molar-refractivity contribution in [3.63, 3.8) is 0 Å². The number of aliphatic carboxylic acids is 2. The van der Waals surface area contributed by atoms with Gasteiger partial charge < -0.3 is 63.9 Å². The lowest BCUT2D eigenvalue weighted by molar-refractivity contribution is -0.143. The topological polar surface area (TPSA) is 376 Å². The molecule has 14 N–H and O–H groups in total. The van der Waals surface area contributed by atoms with Gasteiger partial charge in [-0.25, -0.2) is 9.78 Å². The van der Waals surface area contributed by atoms with E-state index in [1.807, 2.05) is 0 Å². The van der Waals surface area contributed by atoms with Crippen molar-refractivity contribution < 1.29 is 58.2 Å². The molecule has 23 nitrogen and oxygen atoms in total. The zero-order valence-electron chi connectivity index (χ0n) is 35.1. The van der Waals surface area contributed by atoms with Crippen LogP contribution in [-0.2, 0) is 54.4 Å². The lowest BCUT2D eigenvalue weighted by Crippen LogP contribution is -2.61. The molecule has 1 rings (SSSR count). The summed E-state index contributed by atoms with van der Waals surface area (Å²) in [6, 6.07) is -10.7. The number of carbonyl (C=O) groups is 10. The van der Waals surface area contributed by atoms with Gasteiger partial charge in [-0.05, 0) is 44.4 Å². The number of primary amides is 1. The first kappa shape index (κ1) is 51.9. The number of hydrogen-bond donors (Lipinski definition) is 12. The van der Waals surface area contributed by atoms with E-state index in [1.54, 1.807) is 41.5 Å². The van der Waals surface area contributed by atoms with Crippen molar-refractivity contribution in [2.45, 2.75) is 136 Å². The fourth-order valence-electron chi connectivity index (χ4n) is 5.55. The van der Waals surface area contributed by atoms with Gasteiger partial charge in [-0.1, -0.05) is 41.5 Å². The molecule has 0 fully saturated rings. The molecule has 0 radical (unpaired) electrons. The molecular weight excluding hydrogens is 790 g/mol. The molecule has 0 aliphatic carbocycles. The van der Waals surface area contributed by atoms with Crippen LogP contribution in [-0.4, -0.2) is 128 Å². The van der Waals surface area contributed by atoms with E-state index in [2.05, 4.69) is 47.2 Å². The lowest BCUT2D eigenvalue weighted by Gasteiger charge is -2.28. The molecule has 0 bridgehead atoms. The number of aromatic nitrogens is 2. The minimum atomic E-state index is -1.73. The molecule has 0 saturated carbocycles. The first-order valence-electron chi connectivity index (χ1n) is 19.4. The Morgan fingerprint density at radius 2 is 1.10 bits per heavy atom. The zero-order valence-corrected chi connectivity index (χ0v) is 35.1. The summed E-state index contributed by atoms with van der Waals surface area (Å²) in [5.41, 5.74) is 11.9. The predicted molar refractivity (Wildman–Crippen MR) is 213 cm³/mol. The molecule has 0 saturated heterocycles. The molecule has 8 amide bonds. The Morgan fingerprint density at radius 3 is 1.57 bits per heavy atom. The number of amides is 8. The molecule has 60 heavy (non-hydrogen) atoms. The van der Waals surface area contributed by atoms with Crippen molar-refractivity contribution in [3.05, 3.63) is 18.2 Å². The Bertz CT molecular complexity index is 1690. The molecule has 8 atom stereocenters. The number of aromatic amines is 1. The summed E-state index contributed by atoms with van der Waals surface area (Å²) in [6.07, 6.45) is 1.19. The smallest absolute Gasteiger partial charge is 0.326 e. The lowest BCUT2D eigenvalue weighted by atomic mass is 10.0. The van der Waals surface area contributed by atoms with Crippen LogP contribution in [0.5, 0.6) is 0 Å². The highest BCUT2D eigenvalue weighted by molar-refractivity contribution is 5.98. The first-order chi connectivity index (χ1) is 27.8. The van der Waals surface area contributed by atoms with E-state index in [0.29, 0.717) is 5.69 Å². The van der Waals surface area contributed by atoms with Gasteiger partial charge in [0.25, 0.3) is 0 Å². The number of nitrogens with two attached hydrogens (primary N) is 2. The van der Waals surface area contributed by atoms with E-state index in [9.17, 15) is 58.2 Å². The van der Waals surface area contributed by atoms with Crippen LogP contribution in [0.3, 0.4) is 0 Å². The zero-order chi connectivity index (χ0) is 46.0. The van der Waals surface area contributed by atoms with Crippen molar-refractivity contribution in [1.29, 1.82) is 0 Å². The number of nitrogens with zero attached hydrogens (tertiary/aromatic N) is 1. The van der Waals surface area contributed by atoms with E-state index >= 15 is 0 Å². The van der Waals surface area contributed by atoms with Crippen LogP contribution in [0.25, 0.3) is 0 Å². The highest BCUT2D eigenvalue weighted by atomic mass is 16.4. The summed E-state index contributed by atoms with van der Waals surface area (Å²) in [5, 5.41) is 35.6. The Labute approximate surface area is 347 Å². The third-order valence-corrected chi connectivity index (χ3v) is 8.97. The van der Waals surface area contributed by atoms with Crippen molar-refractivity contribution in [3.8, 4) is 0 Å². The molecule has 0 spiro atoms. The fraction of sp³-hybridized carbons (Fsp3) is 0.649. The SMILES string of the molecule is CC(C)C[C@H](NC(=O)[C@H](C)NC(=O)[C@H](CC(N)=O)NC(=O)[C@H](CCC(=O)O)NC(=O)[C@@H](NC(=O)[C@H](C)NC(=O)[C@@H](NC(=O)[C@@H](N)Cc1cnc[nH]1)C(C)C)C(C)C)C(=O)O. The second-order valence-corrected chi connectivity index (χ2v) is 15.6. The van der Waals surface area contributed by atoms with Crippen LogP contribution in [0.15, 0.2) is 12.5 Å². The van der Waals surface area contributed by atoms with Crippen LogP contribution < -0.4 is 48.7 Å². The second kappa shape index (κ2) is 24.7. The van der Waals surface area contributed by atoms with E-state index in [0.717, 1.165) is 0 Å². The highest BCUT2D eigenvalue weighted by Gasteiger charge is 2.35. The Morgan fingerprint density at radius 1 is 0.633 bits per heavy atom. The van der Waals surface area contributed by atoms with E-state index in [1.165, 1.54) is 26.4 Å². The summed E-state index contributed by atoms with van der Waals surface area (Å²) < 4.78 is 0. The Kier molecular flexibility index (Phi) is 21.4. The van der Waals surface area contributed by atoms with Gasteiger partial charge in [-0.15, -0.1) is 0 Å². The van der Waals surface area contributed by atoms with Gasteiger partial charge in [0.2, 0.25) is 47.3 Å². The molecule has 0 aliphatic rings. The third-order valence-electron chi connectivity index (χ3n) is 8.97. The van der Waals surface area contributed by atoms with E-state index in [4.69, 9.17) is 11.5 Å². The monoisotopic (exact) mass is 851 g/mol. The Hall–Kier alpha value is -6.13. The largest absolute Gasteiger partial charge is 0.481 e. The average Bonchev–Trinajstić information content (AvgIpc) is 3.65. The maximum absolute atomic E-state index is 13.6. The van der Waals surface area contributed by atoms with Crippen LogP contribution in [0.4, 0.5) is 0 Å². The van der Waals surface area contributed by atoms with Gasteiger partial charge in [0.15, 0.2) is 0 Å². The standard InChI is InChI=1S/C37H61N11O12/c1-16(2)11-25(37(59)60)46-30(52)19(7)42-34(56)24(13-26(39)49)45-33(55)23(9-10-27(50)51)44-36(58)29(18(5)6)47-31(53)20(8)43-35(57)28(17(3)4)48-32(54)22(38)12-21-14-40-15-41-21/h14-20,22-25,28-29H,9-13,38H2,1-8H3,(H2,39,49)(H,40,41)(H,42,56)(H,43,57)(H,44,58)(H,45,55)(H,46,52)(H,47,53)(H,48,54)(H,50,51)(H,59,60)/t19-,20-,22-,23-,24-,25-,28-,29-/m0/s1. The van der Waals surface area contributed by atoms with Gasteiger partial charge in [0, 0.05) is 24.7 Å². The van der Waals surface area contributed by atoms with Crippen molar-refractivity contribution >= 4 is 59.2 Å². The Balaban J connectivity index is 3.11. The molecule has 0 unspecified atom stereocenters. The molecule has 1 heterocycles. The summed E-state index contributed by atoms with van der Waals surface area (Å²) in [7, 11) is 0. The quantitative estimate of drug-likeness (QED) is 0.0439. The maximum atomic E-state index is 13.6. The summed E-state index contributed by atoms with van der Waals surface area (Å²) in [4.78, 5) is 134. The highest BCUT2D eigenvalue weighted by Crippen LogP contribution is 2.09. The predicted octanol–water partition coefficient (Wildman–Crippen LogP) is -3.10. The van der Waals surface area contributed by atoms with Crippen LogP contribution in [0.2, 0.25) is 0 Å². The molecule has 1 aromatic heterocycles. The molecule has 0 aromatic carbocycles. The number of carboxylic acids is 2. The van der Waals surface area contributed by atoms with E-state index < -0.39 is 139 Å². The normalized spacial score (nSPS) is 15.2. The maximum Gasteiger partial charge on any atom is 0.326 e. The number of carbonyl (C=O) groups excluding carboxylic acids is 8. The number of hydrogen-bond acceptors (Lipinski definition) is 12. The average molecular weight is 852 g/mol. The molecular formula is C37H61N11O12. The van der Waals surface area contributed by atoms with Gasteiger partial charge in [0.05, 0.1) is 18.8 Å². The van der Waals surface area contributed by atoms with Gasteiger partial charge in [-0.2, -0.15) is 0 Å². The number of nitrogens with one attached hydrogen (secondary N) is 8. The second-order valence-electron chi connectivity index (χ2n) is 15.6. The summed E-state index contributed by atoms with van der Waals surface area (Å²) in [5.74, 6) is -11.1. The van der Waals surface area contributed by atoms with Gasteiger partial charge in [0.1, 0.15) is 42.3 Å². The van der Waals surface area contributed by atoms with Crippen LogP contribution >= 0.6 is 0 Å². The first-order valence-corrected chi connectivity index (χ1v) is 19.4. The van der Waals surface area contributed by atoms with Crippen LogP contribution in [0, 0.1) is 17.8 Å². The number of H-pyrrole nitrogens is 1. The molecule has 336 valence electrons. The molecule has 0 aliphatic heterocycles. The number of rotatable bonds is 26. The molecule has 1 aromatic rings. The minimum Gasteiger partial charge on any atom is -0.481 e. The van der Waals surface area contributed by atoms with Gasteiger partial charge >= 0.3 is 11.9 Å². The van der Waals surface area contributed by atoms with Crippen molar-refractivity contribution in [1.82, 2.24) is 47.2 Å². The summed E-state index contributed by atoms with van der Waals surface area (Å²) >= 11 is 0. The molecule has 23 heteroatoms. The van der Waals surface area contributed by atoms with Crippen LogP contribution in [0.1, 0.15) is 86.8 Å². The number of imidazole rings is 1. The van der Waals surface area contributed by atoms with Gasteiger partial charge in [-0.3, -0.25) is 43.2 Å². The van der Waals surface area contributed by atoms with E-state index in [-0.39, 0.29) is 18.8 Å².